The highest BCUT2D eigenvalue weighted by Gasteiger charge is 2.18. The Morgan fingerprint density at radius 3 is 2.45 bits per heavy atom. The highest BCUT2D eigenvalue weighted by atomic mass is 32.1. The number of aromatic nitrogens is 2. The Bertz CT molecular complexity index is 1280. The number of hydrogen-bond acceptors (Lipinski definition) is 5. The van der Waals surface area contributed by atoms with Gasteiger partial charge in [-0.25, -0.2) is 4.98 Å². The quantitative estimate of drug-likeness (QED) is 0.422. The fraction of sp³-hybridized carbons (Fsp3) is 0.240. The molecule has 0 radical (unpaired) electrons. The summed E-state index contributed by atoms with van der Waals surface area (Å²) in [6.45, 7) is 3.36. The van der Waals surface area contributed by atoms with Crippen molar-refractivity contribution in [2.75, 3.05) is 7.05 Å². The van der Waals surface area contributed by atoms with Gasteiger partial charge in [-0.2, -0.15) is 5.26 Å². The van der Waals surface area contributed by atoms with E-state index < -0.39 is 0 Å². The second kappa shape index (κ2) is 9.25. The van der Waals surface area contributed by atoms with E-state index in [1.165, 1.54) is 27.0 Å². The minimum absolute atomic E-state index is 0.0137. The van der Waals surface area contributed by atoms with E-state index in [0.717, 1.165) is 24.1 Å². The van der Waals surface area contributed by atoms with Crippen LogP contribution in [0.2, 0.25) is 0 Å². The van der Waals surface area contributed by atoms with Crippen LogP contribution in [0.3, 0.4) is 0 Å². The lowest BCUT2D eigenvalue weighted by molar-refractivity contribution is 0.304. The van der Waals surface area contributed by atoms with Crippen LogP contribution in [0.1, 0.15) is 23.9 Å². The number of nitrogens with zero attached hydrogens (tertiary/aromatic N) is 4. The molecule has 0 aliphatic carbocycles. The fourth-order valence-corrected chi connectivity index (χ4v) is 4.70. The number of aryl methyl sites for hydroxylation is 1. The molecule has 4 rings (SSSR count). The van der Waals surface area contributed by atoms with Crippen molar-refractivity contribution in [3.8, 4) is 17.2 Å². The van der Waals surface area contributed by atoms with E-state index in [-0.39, 0.29) is 12.1 Å². The fourth-order valence-electron chi connectivity index (χ4n) is 3.74. The van der Waals surface area contributed by atoms with Crippen LogP contribution in [0.25, 0.3) is 21.3 Å². The van der Waals surface area contributed by atoms with Crippen LogP contribution >= 0.6 is 11.3 Å². The Kier molecular flexibility index (Phi) is 6.26. The third-order valence-electron chi connectivity index (χ3n) is 5.38. The number of nitriles is 1. The summed E-state index contributed by atoms with van der Waals surface area (Å²) in [6, 6.07) is 20.5. The van der Waals surface area contributed by atoms with Crippen LogP contribution in [0.15, 0.2) is 64.8 Å². The summed E-state index contributed by atoms with van der Waals surface area (Å²) >= 11 is 1.47. The second-order valence-electron chi connectivity index (χ2n) is 7.62. The minimum atomic E-state index is -0.151. The second-order valence-corrected chi connectivity index (χ2v) is 8.47. The molecule has 0 spiro atoms. The molecule has 2 aromatic heterocycles. The van der Waals surface area contributed by atoms with Crippen LogP contribution in [-0.2, 0) is 26.1 Å². The molecule has 31 heavy (non-hydrogen) atoms. The molecule has 0 bridgehead atoms. The van der Waals surface area contributed by atoms with E-state index in [1.54, 1.807) is 0 Å². The smallest absolute Gasteiger partial charge is 0.263 e. The zero-order valence-electron chi connectivity index (χ0n) is 17.7. The maximum Gasteiger partial charge on any atom is 0.263 e. The molecule has 0 aliphatic rings. The molecule has 0 unspecified atom stereocenters. The van der Waals surface area contributed by atoms with Gasteiger partial charge in [0.2, 0.25) is 0 Å². The van der Waals surface area contributed by atoms with E-state index >= 15 is 0 Å². The Morgan fingerprint density at radius 1 is 1.06 bits per heavy atom. The Labute approximate surface area is 185 Å². The minimum Gasteiger partial charge on any atom is -0.295 e. The molecule has 156 valence electrons. The maximum absolute atomic E-state index is 13.4. The zero-order chi connectivity index (χ0) is 21.8. The van der Waals surface area contributed by atoms with Gasteiger partial charge in [0, 0.05) is 17.5 Å². The normalized spacial score (nSPS) is 11.2. The summed E-state index contributed by atoms with van der Waals surface area (Å²) in [5, 5.41) is 11.9. The molecule has 4 aromatic rings. The van der Waals surface area contributed by atoms with Gasteiger partial charge in [0.1, 0.15) is 17.2 Å². The monoisotopic (exact) mass is 428 g/mol. The third-order valence-corrected chi connectivity index (χ3v) is 6.25. The van der Waals surface area contributed by atoms with Gasteiger partial charge >= 0.3 is 0 Å². The van der Waals surface area contributed by atoms with Gasteiger partial charge in [-0.15, -0.1) is 11.3 Å². The number of benzene rings is 2. The average molecular weight is 429 g/mol. The molecule has 0 amide bonds. The number of rotatable bonds is 7. The molecule has 0 fully saturated rings. The predicted octanol–water partition coefficient (Wildman–Crippen LogP) is 4.84. The van der Waals surface area contributed by atoms with E-state index in [1.807, 2.05) is 42.8 Å². The molecule has 0 saturated heterocycles. The van der Waals surface area contributed by atoms with Crippen molar-refractivity contribution in [3.63, 3.8) is 0 Å². The first-order valence-electron chi connectivity index (χ1n) is 10.3. The molecule has 2 aromatic carbocycles. The van der Waals surface area contributed by atoms with Crippen LogP contribution in [0.5, 0.6) is 0 Å². The first kappa shape index (κ1) is 21.0. The predicted molar refractivity (Wildman–Crippen MR) is 126 cm³/mol. The van der Waals surface area contributed by atoms with Crippen LogP contribution in [-0.4, -0.2) is 21.5 Å². The molecule has 6 heteroatoms. The Balaban J connectivity index is 1.68. The van der Waals surface area contributed by atoms with Crippen LogP contribution < -0.4 is 5.56 Å². The summed E-state index contributed by atoms with van der Waals surface area (Å²) in [5.41, 5.74) is 4.23. The Hall–Kier alpha value is -3.27. The summed E-state index contributed by atoms with van der Waals surface area (Å²) in [6.07, 6.45) is 1.02. The number of thiophene rings is 1. The first-order chi connectivity index (χ1) is 15.1. The lowest BCUT2D eigenvalue weighted by Gasteiger charge is -2.19. The molecular formula is C25H24N4OS. The van der Waals surface area contributed by atoms with Gasteiger partial charge in [-0.05, 0) is 30.2 Å². The maximum atomic E-state index is 13.4. The molecule has 0 N–H and O–H groups in total. The van der Waals surface area contributed by atoms with Crippen molar-refractivity contribution in [1.29, 1.82) is 5.26 Å². The van der Waals surface area contributed by atoms with Gasteiger partial charge in [0.05, 0.1) is 18.0 Å². The van der Waals surface area contributed by atoms with Crippen LogP contribution in [0, 0.1) is 11.3 Å². The van der Waals surface area contributed by atoms with Crippen molar-refractivity contribution in [2.45, 2.75) is 33.0 Å². The number of fused-ring (bicyclic) bond motifs is 1. The van der Waals surface area contributed by atoms with Gasteiger partial charge in [0.15, 0.2) is 0 Å². The largest absolute Gasteiger partial charge is 0.295 e. The van der Waals surface area contributed by atoms with Crippen molar-refractivity contribution in [2.24, 2.45) is 0 Å². The van der Waals surface area contributed by atoms with Crippen molar-refractivity contribution in [1.82, 2.24) is 14.5 Å². The standard InChI is InChI=1S/C25H24N4OS/c1-3-18-9-11-19(12-10-18)15-28(2)16-22-27-24-23(25(30)29(22)14-13-26)21(17-31-24)20-7-5-4-6-8-20/h4-12,17H,3,14-16H2,1-2H3. The van der Waals surface area contributed by atoms with Crippen molar-refractivity contribution in [3.05, 3.63) is 87.3 Å². The molecule has 0 atom stereocenters. The molecule has 2 heterocycles. The van der Waals surface area contributed by atoms with E-state index in [4.69, 9.17) is 4.98 Å². The average Bonchev–Trinajstić information content (AvgIpc) is 3.21. The topological polar surface area (TPSA) is 61.9 Å². The van der Waals surface area contributed by atoms with Crippen molar-refractivity contribution >= 4 is 21.6 Å². The summed E-state index contributed by atoms with van der Waals surface area (Å²) in [5.74, 6) is 0.619. The van der Waals surface area contributed by atoms with E-state index in [2.05, 4.69) is 42.2 Å². The van der Waals surface area contributed by atoms with Gasteiger partial charge in [0.25, 0.3) is 5.56 Å². The van der Waals surface area contributed by atoms with E-state index in [0.29, 0.717) is 22.6 Å². The summed E-state index contributed by atoms with van der Waals surface area (Å²) in [4.78, 5) is 21.0. The summed E-state index contributed by atoms with van der Waals surface area (Å²) < 4.78 is 1.51. The molecule has 0 saturated carbocycles. The van der Waals surface area contributed by atoms with Gasteiger partial charge < -0.3 is 0 Å². The van der Waals surface area contributed by atoms with Crippen LogP contribution in [0.4, 0.5) is 0 Å². The molecule has 0 aliphatic heterocycles. The first-order valence-corrected chi connectivity index (χ1v) is 11.2. The SMILES string of the molecule is CCc1ccc(CN(C)Cc2nc3scc(-c4ccccc4)c3c(=O)n2CC#N)cc1. The third kappa shape index (κ3) is 4.43. The van der Waals surface area contributed by atoms with Gasteiger partial charge in [-0.3, -0.25) is 14.3 Å². The highest BCUT2D eigenvalue weighted by molar-refractivity contribution is 7.17. The van der Waals surface area contributed by atoms with E-state index in [9.17, 15) is 10.1 Å². The molecule has 5 nitrogen and oxygen atoms in total. The lowest BCUT2D eigenvalue weighted by Crippen LogP contribution is -2.29. The highest BCUT2D eigenvalue weighted by Crippen LogP contribution is 2.31. The lowest BCUT2D eigenvalue weighted by atomic mass is 10.1. The number of hydrogen-bond donors (Lipinski definition) is 0. The van der Waals surface area contributed by atoms with Crippen molar-refractivity contribution < 1.29 is 0 Å². The molecular weight excluding hydrogens is 404 g/mol. The zero-order valence-corrected chi connectivity index (χ0v) is 18.5. The Morgan fingerprint density at radius 2 is 1.77 bits per heavy atom. The summed E-state index contributed by atoms with van der Waals surface area (Å²) in [7, 11) is 2.00. The van der Waals surface area contributed by atoms with Gasteiger partial charge in [-0.1, -0.05) is 61.5 Å².